The Morgan fingerprint density at radius 2 is 1.93 bits per heavy atom. The lowest BCUT2D eigenvalue weighted by Crippen LogP contribution is -2.09. The molecule has 2 saturated carbocycles. The molecule has 3 rings (SSSR count). The second-order valence-corrected chi connectivity index (χ2v) is 8.58. The van der Waals surface area contributed by atoms with Crippen LogP contribution in [0.4, 0.5) is 0 Å². The Kier molecular flexibility index (Phi) is 2.07. The zero-order valence-corrected chi connectivity index (χ0v) is 10.7. The van der Waals surface area contributed by atoms with Gasteiger partial charge in [-0.2, -0.15) is 0 Å². The number of halogens is 1. The molecular weight excluding hydrogens is 312 g/mol. The topological polar surface area (TPSA) is 43.1 Å². The Bertz CT molecular complexity index is 393. The van der Waals surface area contributed by atoms with Crippen LogP contribution in [0.2, 0.25) is 0 Å². The molecule has 2 fully saturated rings. The molecule has 0 aromatic carbocycles. The quantitative estimate of drug-likeness (QED) is 0.634. The van der Waals surface area contributed by atoms with Gasteiger partial charge in [-0.3, -0.25) is 0 Å². The lowest BCUT2D eigenvalue weighted by molar-refractivity contribution is 0.435. The molecule has 3 nitrogen and oxygen atoms in total. The maximum Gasteiger partial charge on any atom is 0.197 e. The van der Waals surface area contributed by atoms with Crippen LogP contribution in [0.15, 0.2) is 10.6 Å². The van der Waals surface area contributed by atoms with E-state index in [0.717, 1.165) is 29.4 Å². The summed E-state index contributed by atoms with van der Waals surface area (Å²) in [6, 6.07) is 1.86. The van der Waals surface area contributed by atoms with Gasteiger partial charge in [0.2, 0.25) is 0 Å². The SMILES string of the molecule is O=P(c1cc(I)no1)(C1CC1)C1CC1. The van der Waals surface area contributed by atoms with E-state index in [-0.39, 0.29) is 0 Å². The molecule has 0 aliphatic heterocycles. The predicted molar refractivity (Wildman–Crippen MR) is 62.5 cm³/mol. The average Bonchev–Trinajstić information content (AvgIpc) is 3.01. The molecule has 76 valence electrons. The van der Waals surface area contributed by atoms with Crippen LogP contribution in [0.3, 0.4) is 0 Å². The molecule has 0 bridgehead atoms. The van der Waals surface area contributed by atoms with E-state index in [1.54, 1.807) is 0 Å². The number of hydrogen-bond donors (Lipinski definition) is 0. The van der Waals surface area contributed by atoms with Crippen LogP contribution in [0.1, 0.15) is 25.7 Å². The van der Waals surface area contributed by atoms with Gasteiger partial charge >= 0.3 is 0 Å². The highest BCUT2D eigenvalue weighted by Crippen LogP contribution is 2.69. The number of aromatic nitrogens is 1. The molecule has 0 spiro atoms. The first-order valence-corrected chi connectivity index (χ1v) is 7.86. The van der Waals surface area contributed by atoms with Crippen molar-refractivity contribution in [2.45, 2.75) is 37.0 Å². The van der Waals surface area contributed by atoms with Crippen molar-refractivity contribution in [3.8, 4) is 0 Å². The summed E-state index contributed by atoms with van der Waals surface area (Å²) in [6.07, 6.45) is 4.46. The molecule has 2 aliphatic carbocycles. The van der Waals surface area contributed by atoms with Crippen LogP contribution in [-0.2, 0) is 4.57 Å². The van der Waals surface area contributed by atoms with Gasteiger partial charge in [0.1, 0.15) is 3.70 Å². The van der Waals surface area contributed by atoms with Crippen molar-refractivity contribution in [3.05, 3.63) is 9.77 Å². The Hall–Kier alpha value is 0.170. The highest BCUT2D eigenvalue weighted by atomic mass is 127. The summed E-state index contributed by atoms with van der Waals surface area (Å²) in [4.78, 5) is 0. The van der Waals surface area contributed by atoms with Gasteiger partial charge in [-0.25, -0.2) is 0 Å². The second-order valence-electron chi connectivity index (χ2n) is 4.16. The summed E-state index contributed by atoms with van der Waals surface area (Å²) in [5.41, 5.74) is 1.52. The van der Waals surface area contributed by atoms with Crippen molar-refractivity contribution < 1.29 is 9.09 Å². The summed E-state index contributed by atoms with van der Waals surface area (Å²) in [7, 11) is -2.21. The Labute approximate surface area is 96.1 Å². The molecule has 5 heteroatoms. The van der Waals surface area contributed by atoms with Gasteiger partial charge in [-0.05, 0) is 48.3 Å². The van der Waals surface area contributed by atoms with Gasteiger partial charge in [0, 0.05) is 17.4 Å². The summed E-state index contributed by atoms with van der Waals surface area (Å²) < 4.78 is 18.8. The van der Waals surface area contributed by atoms with E-state index in [2.05, 4.69) is 27.7 Å². The van der Waals surface area contributed by atoms with Crippen LogP contribution in [0.25, 0.3) is 0 Å². The molecular formula is C9H11INO2P. The molecule has 0 amide bonds. The highest BCUT2D eigenvalue weighted by molar-refractivity contribution is 14.1. The summed E-state index contributed by atoms with van der Waals surface area (Å²) in [5, 5.41) is 3.84. The van der Waals surface area contributed by atoms with Gasteiger partial charge in [-0.15, -0.1) is 0 Å². The zero-order chi connectivity index (χ0) is 9.76. The minimum atomic E-state index is -2.21. The first-order chi connectivity index (χ1) is 6.71. The van der Waals surface area contributed by atoms with Gasteiger partial charge in [0.05, 0.1) is 0 Å². The molecule has 0 unspecified atom stereocenters. The largest absolute Gasteiger partial charge is 0.352 e. The fourth-order valence-electron chi connectivity index (χ4n) is 1.98. The summed E-state index contributed by atoms with van der Waals surface area (Å²) >= 11 is 2.10. The van der Waals surface area contributed by atoms with E-state index in [4.69, 9.17) is 4.52 Å². The third-order valence-electron chi connectivity index (χ3n) is 2.99. The molecule has 2 aliphatic rings. The first kappa shape index (κ1) is 9.40. The van der Waals surface area contributed by atoms with Gasteiger partial charge in [0.15, 0.2) is 12.6 Å². The minimum Gasteiger partial charge on any atom is -0.352 e. The Morgan fingerprint density at radius 3 is 2.29 bits per heavy atom. The number of nitrogens with zero attached hydrogens (tertiary/aromatic N) is 1. The molecule has 0 saturated heterocycles. The predicted octanol–water partition coefficient (Wildman–Crippen LogP) is 2.59. The minimum absolute atomic E-state index is 0.416. The number of hydrogen-bond acceptors (Lipinski definition) is 3. The fraction of sp³-hybridized carbons (Fsp3) is 0.667. The van der Waals surface area contributed by atoms with Crippen molar-refractivity contribution in [1.82, 2.24) is 5.16 Å². The van der Waals surface area contributed by atoms with E-state index < -0.39 is 7.14 Å². The summed E-state index contributed by atoms with van der Waals surface area (Å²) in [5.74, 6) is 0. The average molecular weight is 323 g/mol. The van der Waals surface area contributed by atoms with E-state index >= 15 is 0 Å². The van der Waals surface area contributed by atoms with Crippen molar-refractivity contribution in [2.75, 3.05) is 0 Å². The Morgan fingerprint density at radius 1 is 1.36 bits per heavy atom. The second kappa shape index (κ2) is 3.08. The number of rotatable bonds is 3. The first-order valence-electron chi connectivity index (χ1n) is 4.93. The molecule has 0 atom stereocenters. The van der Waals surface area contributed by atoms with Crippen LogP contribution < -0.4 is 5.50 Å². The summed E-state index contributed by atoms with van der Waals surface area (Å²) in [6.45, 7) is 0. The third-order valence-corrected chi connectivity index (χ3v) is 7.60. The van der Waals surface area contributed by atoms with E-state index in [0.29, 0.717) is 16.8 Å². The van der Waals surface area contributed by atoms with Crippen molar-refractivity contribution in [3.63, 3.8) is 0 Å². The molecule has 1 aromatic heterocycles. The monoisotopic (exact) mass is 323 g/mol. The smallest absolute Gasteiger partial charge is 0.197 e. The van der Waals surface area contributed by atoms with E-state index in [9.17, 15) is 4.57 Å². The van der Waals surface area contributed by atoms with Crippen LogP contribution in [-0.4, -0.2) is 16.5 Å². The third kappa shape index (κ3) is 1.38. The van der Waals surface area contributed by atoms with Gasteiger partial charge in [-0.1, -0.05) is 5.16 Å². The molecule has 1 aromatic rings. The van der Waals surface area contributed by atoms with E-state index in [1.165, 1.54) is 0 Å². The highest BCUT2D eigenvalue weighted by Gasteiger charge is 2.54. The molecule has 0 radical (unpaired) electrons. The molecule has 1 heterocycles. The lowest BCUT2D eigenvalue weighted by Gasteiger charge is -2.12. The normalized spacial score (nSPS) is 22.6. The fourth-order valence-corrected chi connectivity index (χ4v) is 6.25. The van der Waals surface area contributed by atoms with Crippen molar-refractivity contribution in [2.24, 2.45) is 0 Å². The maximum atomic E-state index is 12.8. The van der Waals surface area contributed by atoms with Crippen molar-refractivity contribution in [1.29, 1.82) is 0 Å². The van der Waals surface area contributed by atoms with E-state index in [1.807, 2.05) is 6.07 Å². The zero-order valence-electron chi connectivity index (χ0n) is 7.65. The standard InChI is InChI=1S/C9H11INO2P/c10-8-5-9(13-11-8)14(12,6-1-2-6)7-3-4-7/h5-7H,1-4H2. The Balaban J connectivity index is 2.02. The van der Waals surface area contributed by atoms with Crippen LogP contribution in [0.5, 0.6) is 0 Å². The molecule has 0 N–H and O–H groups in total. The van der Waals surface area contributed by atoms with Crippen LogP contribution >= 0.6 is 29.7 Å². The van der Waals surface area contributed by atoms with Crippen LogP contribution in [0, 0.1) is 3.70 Å². The van der Waals surface area contributed by atoms with Gasteiger partial charge < -0.3 is 9.09 Å². The van der Waals surface area contributed by atoms with Gasteiger partial charge in [0.25, 0.3) is 0 Å². The lowest BCUT2D eigenvalue weighted by atomic mass is 10.8. The van der Waals surface area contributed by atoms with Crippen molar-refractivity contribution >= 4 is 35.2 Å². The maximum absolute atomic E-state index is 12.8. The molecule has 14 heavy (non-hydrogen) atoms.